The van der Waals surface area contributed by atoms with Crippen molar-refractivity contribution in [3.63, 3.8) is 0 Å². The molecule has 5 heteroatoms. The van der Waals surface area contributed by atoms with E-state index in [4.69, 9.17) is 5.73 Å². The fourth-order valence-electron chi connectivity index (χ4n) is 2.58. The topological polar surface area (TPSA) is 69.8 Å². The van der Waals surface area contributed by atoms with Crippen LogP contribution in [-0.4, -0.2) is 65.7 Å². The number of aliphatic hydroxyl groups is 1. The highest BCUT2D eigenvalue weighted by Gasteiger charge is 2.24. The SMILES string of the molecule is NC1CCN(CC(=O)N2CCCC(O)C2)CC1. The molecule has 0 saturated carbocycles. The lowest BCUT2D eigenvalue weighted by Gasteiger charge is -2.34. The number of piperidine rings is 2. The second-order valence-electron chi connectivity index (χ2n) is 5.25. The first kappa shape index (κ1) is 12.8. The summed E-state index contributed by atoms with van der Waals surface area (Å²) in [5.74, 6) is 0.152. The van der Waals surface area contributed by atoms with E-state index in [-0.39, 0.29) is 12.0 Å². The number of β-amino-alcohol motifs (C(OH)–C–C–N with tert-alkyl or cyclic N) is 1. The first-order chi connectivity index (χ1) is 8.15. The van der Waals surface area contributed by atoms with Crippen LogP contribution in [0, 0.1) is 0 Å². The van der Waals surface area contributed by atoms with Crippen molar-refractivity contribution in [2.24, 2.45) is 5.73 Å². The molecule has 0 aromatic rings. The maximum Gasteiger partial charge on any atom is 0.236 e. The quantitative estimate of drug-likeness (QED) is 0.677. The number of hydrogen-bond donors (Lipinski definition) is 2. The molecule has 5 nitrogen and oxygen atoms in total. The molecule has 17 heavy (non-hydrogen) atoms. The minimum absolute atomic E-state index is 0.152. The van der Waals surface area contributed by atoms with Gasteiger partial charge in [0.05, 0.1) is 12.6 Å². The van der Waals surface area contributed by atoms with Gasteiger partial charge in [0.25, 0.3) is 0 Å². The number of carbonyl (C=O) groups is 1. The van der Waals surface area contributed by atoms with Crippen LogP contribution in [0.5, 0.6) is 0 Å². The first-order valence-electron chi connectivity index (χ1n) is 6.59. The molecule has 0 radical (unpaired) electrons. The molecule has 98 valence electrons. The third kappa shape index (κ3) is 3.66. The molecule has 0 aliphatic carbocycles. The van der Waals surface area contributed by atoms with Gasteiger partial charge in [-0.1, -0.05) is 0 Å². The van der Waals surface area contributed by atoms with Gasteiger partial charge in [-0.3, -0.25) is 9.69 Å². The predicted molar refractivity (Wildman–Crippen MR) is 65.5 cm³/mol. The summed E-state index contributed by atoms with van der Waals surface area (Å²) in [5, 5.41) is 9.55. The summed E-state index contributed by atoms with van der Waals surface area (Å²) in [6, 6.07) is 0.304. The summed E-state index contributed by atoms with van der Waals surface area (Å²) in [4.78, 5) is 16.0. The van der Waals surface area contributed by atoms with Crippen LogP contribution in [0.4, 0.5) is 0 Å². The maximum absolute atomic E-state index is 12.0. The summed E-state index contributed by atoms with van der Waals surface area (Å²) in [6.45, 7) is 3.63. The second kappa shape index (κ2) is 5.80. The predicted octanol–water partition coefficient (Wildman–Crippen LogP) is -0.607. The molecule has 0 spiro atoms. The molecule has 2 aliphatic rings. The molecule has 2 rings (SSSR count). The average molecular weight is 241 g/mol. The van der Waals surface area contributed by atoms with Gasteiger partial charge in [0.1, 0.15) is 0 Å². The third-order valence-corrected chi connectivity index (χ3v) is 3.74. The molecular weight excluding hydrogens is 218 g/mol. The van der Waals surface area contributed by atoms with Crippen molar-refractivity contribution in [3.8, 4) is 0 Å². The molecule has 0 aromatic heterocycles. The van der Waals surface area contributed by atoms with Gasteiger partial charge in [0.2, 0.25) is 5.91 Å². The second-order valence-corrected chi connectivity index (χ2v) is 5.25. The molecule has 2 heterocycles. The zero-order chi connectivity index (χ0) is 12.3. The van der Waals surface area contributed by atoms with Crippen LogP contribution < -0.4 is 5.73 Å². The summed E-state index contributed by atoms with van der Waals surface area (Å²) >= 11 is 0. The normalized spacial score (nSPS) is 28.4. The molecular formula is C12H23N3O2. The third-order valence-electron chi connectivity index (χ3n) is 3.74. The highest BCUT2D eigenvalue weighted by molar-refractivity contribution is 5.78. The van der Waals surface area contributed by atoms with E-state index in [0.29, 0.717) is 19.1 Å². The van der Waals surface area contributed by atoms with Gasteiger partial charge in [0.15, 0.2) is 0 Å². The fourth-order valence-corrected chi connectivity index (χ4v) is 2.58. The summed E-state index contributed by atoms with van der Waals surface area (Å²) < 4.78 is 0. The van der Waals surface area contributed by atoms with E-state index in [9.17, 15) is 9.90 Å². The van der Waals surface area contributed by atoms with E-state index in [1.807, 2.05) is 0 Å². The van der Waals surface area contributed by atoms with E-state index < -0.39 is 0 Å². The zero-order valence-electron chi connectivity index (χ0n) is 10.3. The number of aliphatic hydroxyl groups excluding tert-OH is 1. The van der Waals surface area contributed by atoms with Crippen LogP contribution in [0.25, 0.3) is 0 Å². The number of hydrogen-bond acceptors (Lipinski definition) is 4. The van der Waals surface area contributed by atoms with Crippen LogP contribution in [0.3, 0.4) is 0 Å². The standard InChI is InChI=1S/C12H23N3O2/c13-10-3-6-14(7-4-10)9-12(17)15-5-1-2-11(16)8-15/h10-11,16H,1-9,13H2. The van der Waals surface area contributed by atoms with Crippen molar-refractivity contribution in [1.82, 2.24) is 9.80 Å². The Kier molecular flexibility index (Phi) is 4.36. The smallest absolute Gasteiger partial charge is 0.236 e. The lowest BCUT2D eigenvalue weighted by molar-refractivity contribution is -0.135. The monoisotopic (exact) mass is 241 g/mol. The molecule has 2 saturated heterocycles. The van der Waals surface area contributed by atoms with Gasteiger partial charge in [-0.2, -0.15) is 0 Å². The lowest BCUT2D eigenvalue weighted by Crippen LogP contribution is -2.49. The Balaban J connectivity index is 1.76. The molecule has 1 atom stereocenters. The summed E-state index contributed by atoms with van der Waals surface area (Å²) in [6.07, 6.45) is 3.37. The average Bonchev–Trinajstić information content (AvgIpc) is 2.32. The van der Waals surface area contributed by atoms with Crippen LogP contribution in [-0.2, 0) is 4.79 Å². The molecule has 3 N–H and O–H groups in total. The van der Waals surface area contributed by atoms with Crippen molar-refractivity contribution >= 4 is 5.91 Å². The Bertz CT molecular complexity index is 264. The fraction of sp³-hybridized carbons (Fsp3) is 0.917. The van der Waals surface area contributed by atoms with E-state index in [1.54, 1.807) is 4.90 Å². The molecule has 0 aromatic carbocycles. The minimum atomic E-state index is -0.331. The van der Waals surface area contributed by atoms with Gasteiger partial charge >= 0.3 is 0 Å². The Morgan fingerprint density at radius 3 is 2.59 bits per heavy atom. The Hall–Kier alpha value is -0.650. The van der Waals surface area contributed by atoms with Crippen molar-refractivity contribution < 1.29 is 9.90 Å². The number of nitrogens with two attached hydrogens (primary N) is 1. The summed E-state index contributed by atoms with van der Waals surface area (Å²) in [5.41, 5.74) is 5.83. The number of amides is 1. The lowest BCUT2D eigenvalue weighted by atomic mass is 10.1. The summed E-state index contributed by atoms with van der Waals surface area (Å²) in [7, 11) is 0. The Labute approximate surface area is 103 Å². The highest BCUT2D eigenvalue weighted by Crippen LogP contribution is 2.12. The molecule has 2 aliphatic heterocycles. The van der Waals surface area contributed by atoms with E-state index in [0.717, 1.165) is 45.3 Å². The number of likely N-dealkylation sites (tertiary alicyclic amines) is 2. The van der Waals surface area contributed by atoms with E-state index >= 15 is 0 Å². The van der Waals surface area contributed by atoms with Crippen LogP contribution in [0.2, 0.25) is 0 Å². The highest BCUT2D eigenvalue weighted by atomic mass is 16.3. The first-order valence-corrected chi connectivity index (χ1v) is 6.59. The number of rotatable bonds is 2. The number of carbonyl (C=O) groups excluding carboxylic acids is 1. The molecule has 1 amide bonds. The van der Waals surface area contributed by atoms with Crippen molar-refractivity contribution in [2.45, 2.75) is 37.8 Å². The van der Waals surface area contributed by atoms with Gasteiger partial charge in [0, 0.05) is 32.2 Å². The van der Waals surface area contributed by atoms with Gasteiger partial charge in [-0.15, -0.1) is 0 Å². The molecule has 2 fully saturated rings. The maximum atomic E-state index is 12.0. The molecule has 1 unspecified atom stereocenters. The Morgan fingerprint density at radius 1 is 1.24 bits per heavy atom. The van der Waals surface area contributed by atoms with Crippen molar-refractivity contribution in [1.29, 1.82) is 0 Å². The zero-order valence-corrected chi connectivity index (χ0v) is 10.3. The van der Waals surface area contributed by atoms with Crippen molar-refractivity contribution in [3.05, 3.63) is 0 Å². The van der Waals surface area contributed by atoms with E-state index in [1.165, 1.54) is 0 Å². The van der Waals surface area contributed by atoms with Crippen molar-refractivity contribution in [2.75, 3.05) is 32.7 Å². The van der Waals surface area contributed by atoms with E-state index in [2.05, 4.69) is 4.90 Å². The van der Waals surface area contributed by atoms with Crippen LogP contribution in [0.15, 0.2) is 0 Å². The van der Waals surface area contributed by atoms with Crippen LogP contribution in [0.1, 0.15) is 25.7 Å². The Morgan fingerprint density at radius 2 is 1.94 bits per heavy atom. The van der Waals surface area contributed by atoms with Gasteiger partial charge in [-0.25, -0.2) is 0 Å². The molecule has 0 bridgehead atoms. The van der Waals surface area contributed by atoms with Gasteiger partial charge < -0.3 is 15.7 Å². The van der Waals surface area contributed by atoms with Gasteiger partial charge in [-0.05, 0) is 25.7 Å². The number of nitrogens with zero attached hydrogens (tertiary/aromatic N) is 2. The minimum Gasteiger partial charge on any atom is -0.391 e. The largest absolute Gasteiger partial charge is 0.391 e. The van der Waals surface area contributed by atoms with Crippen LogP contribution >= 0.6 is 0 Å².